The van der Waals surface area contributed by atoms with E-state index in [1.165, 1.54) is 11.1 Å². The van der Waals surface area contributed by atoms with Crippen molar-refractivity contribution in [3.63, 3.8) is 0 Å². The van der Waals surface area contributed by atoms with Gasteiger partial charge in [0.1, 0.15) is 0 Å². The highest BCUT2D eigenvalue weighted by Gasteiger charge is 2.15. The number of rotatable bonds is 9. The molecule has 5 nitrogen and oxygen atoms in total. The molecule has 0 bridgehead atoms. The van der Waals surface area contributed by atoms with Gasteiger partial charge in [-0.3, -0.25) is 0 Å². The summed E-state index contributed by atoms with van der Waals surface area (Å²) >= 11 is 0. The largest absolute Gasteiger partial charge is 0.381 e. The third-order valence-corrected chi connectivity index (χ3v) is 4.72. The van der Waals surface area contributed by atoms with Gasteiger partial charge >= 0.3 is 0 Å². The monoisotopic (exact) mass is 375 g/mol. The van der Waals surface area contributed by atoms with Crippen LogP contribution in [0.2, 0.25) is 0 Å². The lowest BCUT2D eigenvalue weighted by molar-refractivity contribution is 0.0888. The highest BCUT2D eigenvalue weighted by molar-refractivity contribution is 5.79. The van der Waals surface area contributed by atoms with Crippen LogP contribution in [0, 0.1) is 5.92 Å². The summed E-state index contributed by atoms with van der Waals surface area (Å²) in [5, 5.41) is 6.69. The average Bonchev–Trinajstić information content (AvgIpc) is 3.15. The minimum atomic E-state index is 0.186. The van der Waals surface area contributed by atoms with Gasteiger partial charge in [0.05, 0.1) is 19.8 Å². The van der Waals surface area contributed by atoms with Gasteiger partial charge in [0.2, 0.25) is 0 Å². The van der Waals surface area contributed by atoms with E-state index in [0.717, 1.165) is 58.3 Å². The van der Waals surface area contributed by atoms with Crippen LogP contribution in [-0.4, -0.2) is 45.5 Å². The fourth-order valence-corrected chi connectivity index (χ4v) is 2.97. The fourth-order valence-electron chi connectivity index (χ4n) is 2.97. The first-order valence-electron chi connectivity index (χ1n) is 10.3. The lowest BCUT2D eigenvalue weighted by Gasteiger charge is -2.19. The van der Waals surface area contributed by atoms with E-state index >= 15 is 0 Å². The second kappa shape index (κ2) is 11.3. The third-order valence-electron chi connectivity index (χ3n) is 4.72. The Morgan fingerprint density at radius 2 is 2.00 bits per heavy atom. The van der Waals surface area contributed by atoms with Gasteiger partial charge in [0.25, 0.3) is 0 Å². The molecule has 0 aliphatic carbocycles. The molecule has 27 heavy (non-hydrogen) atoms. The average molecular weight is 376 g/mol. The molecule has 1 saturated heterocycles. The van der Waals surface area contributed by atoms with Crippen LogP contribution in [-0.2, 0) is 21.4 Å². The molecule has 1 atom stereocenters. The first-order valence-corrected chi connectivity index (χ1v) is 10.3. The zero-order valence-electron chi connectivity index (χ0n) is 17.5. The van der Waals surface area contributed by atoms with Crippen molar-refractivity contribution in [1.29, 1.82) is 0 Å². The minimum absolute atomic E-state index is 0.186. The van der Waals surface area contributed by atoms with Crippen LogP contribution in [0.4, 0.5) is 0 Å². The molecule has 1 aliphatic heterocycles. The van der Waals surface area contributed by atoms with Crippen molar-refractivity contribution in [2.45, 2.75) is 52.5 Å². The standard InChI is InChI=1S/C22H37N3O2/c1-5-23-21(24-12-6-13-26-16-19-11-14-27-17-19)25-15-18-7-9-20(10-8-18)22(2,3)4/h7-10,19H,5-6,11-17H2,1-4H3,(H2,23,24,25). The number of ether oxygens (including phenoxy) is 2. The second-order valence-corrected chi connectivity index (χ2v) is 8.23. The van der Waals surface area contributed by atoms with Crippen molar-refractivity contribution in [2.75, 3.05) is 39.5 Å². The van der Waals surface area contributed by atoms with Crippen molar-refractivity contribution in [2.24, 2.45) is 10.9 Å². The van der Waals surface area contributed by atoms with Crippen LogP contribution < -0.4 is 10.6 Å². The molecule has 1 fully saturated rings. The zero-order valence-corrected chi connectivity index (χ0v) is 17.5. The Kier molecular flexibility index (Phi) is 9.08. The van der Waals surface area contributed by atoms with E-state index in [1.807, 2.05) is 0 Å². The van der Waals surface area contributed by atoms with Crippen LogP contribution in [0.1, 0.15) is 51.7 Å². The number of hydrogen-bond acceptors (Lipinski definition) is 3. The molecule has 2 N–H and O–H groups in total. The Labute approximate surface area is 164 Å². The predicted molar refractivity (Wildman–Crippen MR) is 112 cm³/mol. The second-order valence-electron chi connectivity index (χ2n) is 8.23. The first kappa shape index (κ1) is 21.7. The van der Waals surface area contributed by atoms with Crippen LogP contribution in [0.5, 0.6) is 0 Å². The third kappa shape index (κ3) is 8.31. The Balaban J connectivity index is 1.69. The number of nitrogens with zero attached hydrogens (tertiary/aromatic N) is 1. The highest BCUT2D eigenvalue weighted by atomic mass is 16.5. The summed E-state index contributed by atoms with van der Waals surface area (Å²) in [5.74, 6) is 1.45. The maximum Gasteiger partial charge on any atom is 0.191 e. The van der Waals surface area contributed by atoms with Gasteiger partial charge in [0.15, 0.2) is 5.96 Å². The SMILES string of the molecule is CCNC(=NCc1ccc(C(C)(C)C)cc1)NCCCOCC1CCOC1. The quantitative estimate of drug-likeness (QED) is 0.394. The normalized spacial score (nSPS) is 17.9. The summed E-state index contributed by atoms with van der Waals surface area (Å²) in [6, 6.07) is 8.76. The van der Waals surface area contributed by atoms with Crippen molar-refractivity contribution < 1.29 is 9.47 Å². The molecular weight excluding hydrogens is 338 g/mol. The number of benzene rings is 1. The number of guanidine groups is 1. The topological polar surface area (TPSA) is 54.9 Å². The Morgan fingerprint density at radius 1 is 1.22 bits per heavy atom. The van der Waals surface area contributed by atoms with Crippen LogP contribution in [0.3, 0.4) is 0 Å². The van der Waals surface area contributed by atoms with Gasteiger partial charge in [-0.15, -0.1) is 0 Å². The molecule has 1 unspecified atom stereocenters. The maximum atomic E-state index is 5.75. The molecule has 152 valence electrons. The molecule has 0 radical (unpaired) electrons. The fraction of sp³-hybridized carbons (Fsp3) is 0.682. The van der Waals surface area contributed by atoms with Crippen LogP contribution in [0.15, 0.2) is 29.3 Å². The summed E-state index contributed by atoms with van der Waals surface area (Å²) in [7, 11) is 0. The van der Waals surface area contributed by atoms with Gasteiger partial charge in [-0.05, 0) is 36.3 Å². The molecule has 1 aliphatic rings. The number of aliphatic imine (C=N–C) groups is 1. The summed E-state index contributed by atoms with van der Waals surface area (Å²) in [6.45, 7) is 14.5. The molecular formula is C22H37N3O2. The van der Waals surface area contributed by atoms with E-state index in [2.05, 4.69) is 62.6 Å². The molecule has 1 aromatic carbocycles. The van der Waals surface area contributed by atoms with Gasteiger partial charge < -0.3 is 20.1 Å². The Hall–Kier alpha value is -1.59. The Bertz CT molecular complexity index is 558. The van der Waals surface area contributed by atoms with Gasteiger partial charge in [0, 0.05) is 32.2 Å². The summed E-state index contributed by atoms with van der Waals surface area (Å²) < 4.78 is 11.1. The van der Waals surface area contributed by atoms with Gasteiger partial charge in [-0.25, -0.2) is 4.99 Å². The maximum absolute atomic E-state index is 5.75. The molecule has 5 heteroatoms. The number of hydrogen-bond donors (Lipinski definition) is 2. The molecule has 1 aromatic rings. The van der Waals surface area contributed by atoms with E-state index in [0.29, 0.717) is 12.5 Å². The lowest BCUT2D eigenvalue weighted by atomic mass is 9.87. The van der Waals surface area contributed by atoms with Crippen molar-refractivity contribution in [1.82, 2.24) is 10.6 Å². The molecule has 0 aromatic heterocycles. The van der Waals surface area contributed by atoms with E-state index in [9.17, 15) is 0 Å². The summed E-state index contributed by atoms with van der Waals surface area (Å²) in [6.07, 6.45) is 2.10. The van der Waals surface area contributed by atoms with Crippen molar-refractivity contribution in [3.05, 3.63) is 35.4 Å². The Morgan fingerprint density at radius 3 is 2.63 bits per heavy atom. The first-order chi connectivity index (χ1) is 13.0. The molecule has 0 amide bonds. The molecule has 2 rings (SSSR count). The summed E-state index contributed by atoms with van der Waals surface area (Å²) in [5.41, 5.74) is 2.76. The van der Waals surface area contributed by atoms with E-state index in [4.69, 9.17) is 14.5 Å². The minimum Gasteiger partial charge on any atom is -0.381 e. The van der Waals surface area contributed by atoms with Crippen molar-refractivity contribution >= 4 is 5.96 Å². The predicted octanol–water partition coefficient (Wildman–Crippen LogP) is 3.48. The smallest absolute Gasteiger partial charge is 0.191 e. The van der Waals surface area contributed by atoms with Crippen LogP contribution in [0.25, 0.3) is 0 Å². The molecule has 1 heterocycles. The number of nitrogens with one attached hydrogen (secondary N) is 2. The van der Waals surface area contributed by atoms with Gasteiger partial charge in [-0.1, -0.05) is 45.0 Å². The van der Waals surface area contributed by atoms with E-state index < -0.39 is 0 Å². The highest BCUT2D eigenvalue weighted by Crippen LogP contribution is 2.22. The van der Waals surface area contributed by atoms with E-state index in [1.54, 1.807) is 0 Å². The van der Waals surface area contributed by atoms with Crippen molar-refractivity contribution in [3.8, 4) is 0 Å². The van der Waals surface area contributed by atoms with Crippen LogP contribution >= 0.6 is 0 Å². The molecule has 0 spiro atoms. The molecule has 0 saturated carbocycles. The zero-order chi connectivity index (χ0) is 19.5. The summed E-state index contributed by atoms with van der Waals surface area (Å²) in [4.78, 5) is 4.69. The van der Waals surface area contributed by atoms with E-state index in [-0.39, 0.29) is 5.41 Å². The lowest BCUT2D eigenvalue weighted by Crippen LogP contribution is -2.38. The van der Waals surface area contributed by atoms with Gasteiger partial charge in [-0.2, -0.15) is 0 Å².